The second kappa shape index (κ2) is 7.14. The maximum Gasteiger partial charge on any atom is 0.343 e. The molecule has 3 rings (SSSR count). The summed E-state index contributed by atoms with van der Waals surface area (Å²) in [5, 5.41) is 15.2. The van der Waals surface area contributed by atoms with Crippen molar-refractivity contribution in [3.05, 3.63) is 45.1 Å². The van der Waals surface area contributed by atoms with Gasteiger partial charge in [0.25, 0.3) is 0 Å². The number of rotatable bonds is 6. The van der Waals surface area contributed by atoms with Crippen molar-refractivity contribution < 1.29 is 4.42 Å². The van der Waals surface area contributed by atoms with Crippen LogP contribution < -0.4 is 5.69 Å². The summed E-state index contributed by atoms with van der Waals surface area (Å²) in [5.74, 6) is 1.41. The van der Waals surface area contributed by atoms with Gasteiger partial charge in [0.05, 0.1) is 5.75 Å². The maximum atomic E-state index is 11.6. The van der Waals surface area contributed by atoms with E-state index in [0.717, 1.165) is 16.5 Å². The Morgan fingerprint density at radius 2 is 2.26 bits per heavy atom. The Bertz CT molecular complexity index is 857. The molecule has 2 heterocycles. The number of aromatic nitrogens is 5. The third kappa shape index (κ3) is 3.73. The lowest BCUT2D eigenvalue weighted by Crippen LogP contribution is -2.17. The molecule has 1 aromatic carbocycles. The predicted molar refractivity (Wildman–Crippen MR) is 90.1 cm³/mol. The van der Waals surface area contributed by atoms with Gasteiger partial charge in [0.1, 0.15) is 0 Å². The van der Waals surface area contributed by atoms with E-state index >= 15 is 0 Å². The molecular formula is C14H14BrN5O2S. The molecule has 3 aromatic rings. The molecule has 0 fully saturated rings. The highest BCUT2D eigenvalue weighted by Crippen LogP contribution is 2.24. The van der Waals surface area contributed by atoms with E-state index in [2.05, 4.69) is 36.3 Å². The molecule has 120 valence electrons. The summed E-state index contributed by atoms with van der Waals surface area (Å²) in [5.41, 5.74) is 0.653. The van der Waals surface area contributed by atoms with E-state index in [-0.39, 0.29) is 5.69 Å². The predicted octanol–water partition coefficient (Wildman–Crippen LogP) is 3.09. The van der Waals surface area contributed by atoms with E-state index in [0.29, 0.717) is 29.2 Å². The number of thioether (sulfide) groups is 1. The lowest BCUT2D eigenvalue weighted by atomic mass is 10.2. The van der Waals surface area contributed by atoms with Crippen molar-refractivity contribution in [3.63, 3.8) is 0 Å². The van der Waals surface area contributed by atoms with Crippen LogP contribution in [0.2, 0.25) is 0 Å². The number of benzene rings is 1. The van der Waals surface area contributed by atoms with E-state index in [9.17, 15) is 4.79 Å². The first-order valence-electron chi connectivity index (χ1n) is 7.03. The summed E-state index contributed by atoms with van der Waals surface area (Å²) in [6.45, 7) is 2.64. The Kier molecular flexibility index (Phi) is 4.97. The van der Waals surface area contributed by atoms with Crippen molar-refractivity contribution >= 4 is 27.7 Å². The number of halogens is 1. The molecule has 9 heteroatoms. The normalized spacial score (nSPS) is 11.0. The fraction of sp³-hybridized carbons (Fsp3) is 0.286. The summed E-state index contributed by atoms with van der Waals surface area (Å²) >= 11 is 4.80. The number of nitrogens with one attached hydrogen (secondary N) is 1. The van der Waals surface area contributed by atoms with Gasteiger partial charge >= 0.3 is 5.69 Å². The van der Waals surface area contributed by atoms with Crippen molar-refractivity contribution in [2.45, 2.75) is 30.8 Å². The molecule has 0 radical (unpaired) electrons. The Hall–Kier alpha value is -1.87. The van der Waals surface area contributed by atoms with Crippen LogP contribution in [0.3, 0.4) is 0 Å². The first-order chi connectivity index (χ1) is 11.2. The average molecular weight is 396 g/mol. The number of H-pyrrole nitrogens is 1. The third-order valence-electron chi connectivity index (χ3n) is 3.03. The molecule has 23 heavy (non-hydrogen) atoms. The van der Waals surface area contributed by atoms with Crippen LogP contribution in [0.25, 0.3) is 11.5 Å². The second-order valence-electron chi connectivity index (χ2n) is 4.76. The zero-order valence-corrected chi connectivity index (χ0v) is 14.7. The summed E-state index contributed by atoms with van der Waals surface area (Å²) in [6.07, 6.45) is 0.862. The van der Waals surface area contributed by atoms with Crippen LogP contribution in [0, 0.1) is 0 Å². The van der Waals surface area contributed by atoms with Gasteiger partial charge in [0, 0.05) is 16.6 Å². The zero-order valence-electron chi connectivity index (χ0n) is 12.3. The van der Waals surface area contributed by atoms with Gasteiger partial charge in [-0.3, -0.25) is 4.57 Å². The van der Waals surface area contributed by atoms with E-state index in [4.69, 9.17) is 4.42 Å². The summed E-state index contributed by atoms with van der Waals surface area (Å²) in [7, 11) is 0. The summed E-state index contributed by atoms with van der Waals surface area (Å²) in [4.78, 5) is 11.6. The minimum absolute atomic E-state index is 0.199. The minimum Gasteiger partial charge on any atom is -0.420 e. The van der Waals surface area contributed by atoms with Crippen molar-refractivity contribution in [2.75, 3.05) is 0 Å². The fourth-order valence-corrected chi connectivity index (χ4v) is 3.22. The monoisotopic (exact) mass is 395 g/mol. The Balaban J connectivity index is 1.72. The van der Waals surface area contributed by atoms with E-state index in [1.807, 2.05) is 31.2 Å². The van der Waals surface area contributed by atoms with Crippen LogP contribution in [-0.2, 0) is 12.3 Å². The van der Waals surface area contributed by atoms with Crippen LogP contribution in [-0.4, -0.2) is 25.0 Å². The largest absolute Gasteiger partial charge is 0.420 e. The van der Waals surface area contributed by atoms with Gasteiger partial charge in [0.2, 0.25) is 11.8 Å². The van der Waals surface area contributed by atoms with Gasteiger partial charge in [-0.2, -0.15) is 0 Å². The number of hydrogen-bond acceptors (Lipinski definition) is 6. The van der Waals surface area contributed by atoms with Crippen LogP contribution in [0.4, 0.5) is 0 Å². The number of hydrogen-bond donors (Lipinski definition) is 1. The molecule has 0 atom stereocenters. The van der Waals surface area contributed by atoms with Crippen LogP contribution in [0.15, 0.2) is 43.1 Å². The molecule has 0 amide bonds. The SMILES string of the molecule is CCCn1c(SCc2nnc(-c3cccc(Br)c3)o2)n[nH]c1=O. The first kappa shape index (κ1) is 16.0. The molecule has 1 N–H and O–H groups in total. The van der Waals surface area contributed by atoms with Crippen molar-refractivity contribution in [2.24, 2.45) is 0 Å². The number of nitrogens with zero attached hydrogens (tertiary/aromatic N) is 4. The lowest BCUT2D eigenvalue weighted by Gasteiger charge is -2.01. The van der Waals surface area contributed by atoms with Crippen LogP contribution in [0.5, 0.6) is 0 Å². The van der Waals surface area contributed by atoms with Gasteiger partial charge in [-0.25, -0.2) is 9.89 Å². The highest BCUT2D eigenvalue weighted by atomic mass is 79.9. The standard InChI is InChI=1S/C14H14BrN5O2S/c1-2-6-20-13(21)18-19-14(20)23-8-11-16-17-12(22-11)9-4-3-5-10(15)7-9/h3-5,7H,2,6,8H2,1H3,(H,18,21). The lowest BCUT2D eigenvalue weighted by molar-refractivity contribution is 0.527. The quantitative estimate of drug-likeness (QED) is 0.644. The smallest absolute Gasteiger partial charge is 0.343 e. The van der Waals surface area contributed by atoms with Gasteiger partial charge in [-0.05, 0) is 24.6 Å². The van der Waals surface area contributed by atoms with Crippen LogP contribution in [0.1, 0.15) is 19.2 Å². The van der Waals surface area contributed by atoms with Crippen LogP contribution >= 0.6 is 27.7 Å². The molecular weight excluding hydrogens is 382 g/mol. The molecule has 2 aromatic heterocycles. The van der Waals surface area contributed by atoms with Gasteiger partial charge in [-0.15, -0.1) is 15.3 Å². The second-order valence-corrected chi connectivity index (χ2v) is 6.62. The van der Waals surface area contributed by atoms with Crippen molar-refractivity contribution in [1.82, 2.24) is 25.0 Å². The van der Waals surface area contributed by atoms with Gasteiger partial charge in [-0.1, -0.05) is 40.7 Å². The number of aromatic amines is 1. The van der Waals surface area contributed by atoms with E-state index in [1.165, 1.54) is 11.8 Å². The zero-order chi connectivity index (χ0) is 16.2. The Morgan fingerprint density at radius 1 is 1.39 bits per heavy atom. The Labute approximate surface area is 144 Å². The summed E-state index contributed by atoms with van der Waals surface area (Å²) < 4.78 is 8.22. The molecule has 0 saturated carbocycles. The van der Waals surface area contributed by atoms with E-state index < -0.39 is 0 Å². The summed E-state index contributed by atoms with van der Waals surface area (Å²) in [6, 6.07) is 7.66. The van der Waals surface area contributed by atoms with Crippen molar-refractivity contribution in [1.29, 1.82) is 0 Å². The average Bonchev–Trinajstić information content (AvgIpc) is 3.14. The minimum atomic E-state index is -0.199. The molecule has 0 spiro atoms. The first-order valence-corrected chi connectivity index (χ1v) is 8.81. The highest BCUT2D eigenvalue weighted by molar-refractivity contribution is 9.10. The fourth-order valence-electron chi connectivity index (χ4n) is 2.01. The molecule has 0 bridgehead atoms. The maximum absolute atomic E-state index is 11.6. The molecule has 0 saturated heterocycles. The van der Waals surface area contributed by atoms with Crippen molar-refractivity contribution in [3.8, 4) is 11.5 Å². The third-order valence-corrected chi connectivity index (χ3v) is 4.49. The molecule has 0 aliphatic carbocycles. The molecule has 0 unspecified atom stereocenters. The molecule has 0 aliphatic heterocycles. The Morgan fingerprint density at radius 3 is 3.04 bits per heavy atom. The van der Waals surface area contributed by atoms with Gasteiger partial charge < -0.3 is 4.42 Å². The van der Waals surface area contributed by atoms with E-state index in [1.54, 1.807) is 4.57 Å². The molecule has 7 nitrogen and oxygen atoms in total. The highest BCUT2D eigenvalue weighted by Gasteiger charge is 2.12. The van der Waals surface area contributed by atoms with Gasteiger partial charge in [0.15, 0.2) is 5.16 Å². The topological polar surface area (TPSA) is 89.6 Å². The molecule has 0 aliphatic rings.